The molecule has 5 nitrogen and oxygen atoms in total. The summed E-state index contributed by atoms with van der Waals surface area (Å²) in [7, 11) is 1.74. The number of nitrogens with one attached hydrogen (secondary N) is 1. The van der Waals surface area contributed by atoms with Crippen molar-refractivity contribution in [1.82, 2.24) is 14.8 Å². The van der Waals surface area contributed by atoms with Gasteiger partial charge in [-0.05, 0) is 24.6 Å². The molecular weight excluding hydrogens is 226 g/mol. The molecule has 16 heavy (non-hydrogen) atoms. The van der Waals surface area contributed by atoms with E-state index in [1.807, 2.05) is 19.1 Å². The molecule has 0 aliphatic rings. The van der Waals surface area contributed by atoms with Gasteiger partial charge in [0.15, 0.2) is 0 Å². The average molecular weight is 238 g/mol. The van der Waals surface area contributed by atoms with Crippen molar-refractivity contribution in [1.29, 1.82) is 0 Å². The third-order valence-corrected chi connectivity index (χ3v) is 2.66. The average Bonchev–Trinajstić information content (AvgIpc) is 2.64. The van der Waals surface area contributed by atoms with E-state index in [-0.39, 0.29) is 0 Å². The quantitative estimate of drug-likeness (QED) is 0.837. The number of nitrogens with zero attached hydrogens (tertiary/aromatic N) is 3. The number of aromatic nitrogens is 3. The van der Waals surface area contributed by atoms with Gasteiger partial charge >= 0.3 is 0 Å². The fourth-order valence-corrected chi connectivity index (χ4v) is 1.51. The summed E-state index contributed by atoms with van der Waals surface area (Å²) in [5, 5.41) is 7.69. The van der Waals surface area contributed by atoms with Crippen molar-refractivity contribution in [2.75, 3.05) is 18.1 Å². The lowest BCUT2D eigenvalue weighted by atomic mass is 10.2. The Balaban J connectivity index is 2.49. The van der Waals surface area contributed by atoms with E-state index < -0.39 is 0 Å². The monoisotopic (exact) mass is 237 g/mol. The lowest BCUT2D eigenvalue weighted by molar-refractivity contribution is 0.892. The van der Waals surface area contributed by atoms with Crippen molar-refractivity contribution >= 4 is 23.5 Å². The molecule has 0 amide bonds. The van der Waals surface area contributed by atoms with Gasteiger partial charge in [-0.3, -0.25) is 0 Å². The molecule has 0 spiro atoms. The van der Waals surface area contributed by atoms with E-state index >= 15 is 0 Å². The number of halogens is 1. The van der Waals surface area contributed by atoms with Crippen LogP contribution in [-0.2, 0) is 0 Å². The van der Waals surface area contributed by atoms with Crippen molar-refractivity contribution in [2.24, 2.45) is 0 Å². The fourth-order valence-electron chi connectivity index (χ4n) is 1.33. The molecule has 0 radical (unpaired) electrons. The Morgan fingerprint density at radius 3 is 2.75 bits per heavy atom. The third kappa shape index (κ3) is 1.81. The first-order chi connectivity index (χ1) is 7.61. The molecule has 0 fully saturated rings. The summed E-state index contributed by atoms with van der Waals surface area (Å²) in [5.41, 5.74) is 7.55. The van der Waals surface area contributed by atoms with Gasteiger partial charge in [0.1, 0.15) is 0 Å². The van der Waals surface area contributed by atoms with Gasteiger partial charge in [0, 0.05) is 12.1 Å². The van der Waals surface area contributed by atoms with Gasteiger partial charge in [0.2, 0.25) is 11.9 Å². The second-order valence-electron chi connectivity index (χ2n) is 3.39. The molecule has 0 unspecified atom stereocenters. The first kappa shape index (κ1) is 10.8. The Morgan fingerprint density at radius 2 is 2.19 bits per heavy atom. The molecule has 3 N–H and O–H groups in total. The maximum Gasteiger partial charge on any atom is 0.244 e. The van der Waals surface area contributed by atoms with Gasteiger partial charge in [-0.25, -0.2) is 0 Å². The predicted octanol–water partition coefficient (Wildman–Crippen LogP) is 1.85. The van der Waals surface area contributed by atoms with E-state index in [1.54, 1.807) is 13.1 Å². The maximum atomic E-state index is 6.04. The summed E-state index contributed by atoms with van der Waals surface area (Å²) in [6.07, 6.45) is 0. The normalized spacial score (nSPS) is 10.4. The van der Waals surface area contributed by atoms with Crippen molar-refractivity contribution in [3.05, 3.63) is 28.8 Å². The van der Waals surface area contributed by atoms with Crippen LogP contribution in [0.2, 0.25) is 5.02 Å². The number of hydrogen-bond acceptors (Lipinski definition) is 4. The van der Waals surface area contributed by atoms with Crippen molar-refractivity contribution in [3.8, 4) is 5.69 Å². The van der Waals surface area contributed by atoms with Crippen LogP contribution in [0.15, 0.2) is 18.2 Å². The highest BCUT2D eigenvalue weighted by Crippen LogP contribution is 2.21. The molecule has 2 rings (SSSR count). The van der Waals surface area contributed by atoms with Gasteiger partial charge in [0.25, 0.3) is 0 Å². The lowest BCUT2D eigenvalue weighted by Crippen LogP contribution is -2.02. The van der Waals surface area contributed by atoms with Crippen molar-refractivity contribution < 1.29 is 0 Å². The van der Waals surface area contributed by atoms with Crippen LogP contribution in [0, 0.1) is 6.92 Å². The number of aryl methyl sites for hydroxylation is 1. The van der Waals surface area contributed by atoms with Gasteiger partial charge in [-0.15, -0.1) is 5.10 Å². The number of hydrogen-bond donors (Lipinski definition) is 2. The molecule has 6 heteroatoms. The summed E-state index contributed by atoms with van der Waals surface area (Å²) in [6, 6.07) is 5.62. The number of rotatable bonds is 2. The van der Waals surface area contributed by atoms with Crippen LogP contribution < -0.4 is 11.1 Å². The zero-order chi connectivity index (χ0) is 11.7. The van der Waals surface area contributed by atoms with Crippen LogP contribution in [0.25, 0.3) is 5.69 Å². The van der Waals surface area contributed by atoms with Gasteiger partial charge in [-0.2, -0.15) is 9.67 Å². The first-order valence-corrected chi connectivity index (χ1v) is 5.16. The van der Waals surface area contributed by atoms with E-state index in [2.05, 4.69) is 15.4 Å². The molecule has 1 aromatic heterocycles. The van der Waals surface area contributed by atoms with E-state index in [9.17, 15) is 0 Å². The Labute approximate surface area is 98.2 Å². The topological polar surface area (TPSA) is 68.8 Å². The summed E-state index contributed by atoms with van der Waals surface area (Å²) >= 11 is 6.04. The van der Waals surface area contributed by atoms with Crippen molar-refractivity contribution in [3.63, 3.8) is 0 Å². The Morgan fingerprint density at radius 1 is 1.44 bits per heavy atom. The minimum atomic E-state index is 0.323. The molecular formula is C10H12ClN5. The molecule has 0 aliphatic carbocycles. The number of nitrogen functional groups attached to an aromatic ring is 1. The van der Waals surface area contributed by atoms with Gasteiger partial charge in [-0.1, -0.05) is 17.7 Å². The summed E-state index contributed by atoms with van der Waals surface area (Å²) in [5.74, 6) is 0.804. The standard InChI is InChI=1S/C10H12ClN5/c1-6-3-4-7(5-8(6)11)16-9(12)14-10(13-2)15-16/h3-5H,1-2H3,(H3,12,13,14,15). The minimum absolute atomic E-state index is 0.323. The number of anilines is 2. The molecule has 0 saturated heterocycles. The Bertz CT molecular complexity index is 520. The highest BCUT2D eigenvalue weighted by Gasteiger charge is 2.08. The molecule has 2 aromatic rings. The molecule has 84 valence electrons. The third-order valence-electron chi connectivity index (χ3n) is 2.26. The van der Waals surface area contributed by atoms with Crippen LogP contribution in [0.4, 0.5) is 11.9 Å². The van der Waals surface area contributed by atoms with E-state index in [0.29, 0.717) is 16.9 Å². The molecule has 0 saturated carbocycles. The number of benzene rings is 1. The number of nitrogens with two attached hydrogens (primary N) is 1. The van der Waals surface area contributed by atoms with Crippen LogP contribution in [0.1, 0.15) is 5.56 Å². The second-order valence-corrected chi connectivity index (χ2v) is 3.80. The first-order valence-electron chi connectivity index (χ1n) is 4.78. The maximum absolute atomic E-state index is 6.04. The predicted molar refractivity (Wildman–Crippen MR) is 65.1 cm³/mol. The summed E-state index contributed by atoms with van der Waals surface area (Å²) in [6.45, 7) is 1.94. The Hall–Kier alpha value is -1.75. The molecule has 0 bridgehead atoms. The van der Waals surface area contributed by atoms with Crippen LogP contribution in [0.3, 0.4) is 0 Å². The minimum Gasteiger partial charge on any atom is -0.368 e. The molecule has 1 heterocycles. The molecule has 0 atom stereocenters. The molecule has 0 aliphatic heterocycles. The van der Waals surface area contributed by atoms with Crippen LogP contribution >= 0.6 is 11.6 Å². The van der Waals surface area contributed by atoms with Gasteiger partial charge < -0.3 is 11.1 Å². The van der Waals surface area contributed by atoms with E-state index in [4.69, 9.17) is 17.3 Å². The smallest absolute Gasteiger partial charge is 0.244 e. The van der Waals surface area contributed by atoms with E-state index in [0.717, 1.165) is 11.3 Å². The largest absolute Gasteiger partial charge is 0.368 e. The zero-order valence-corrected chi connectivity index (χ0v) is 9.78. The van der Waals surface area contributed by atoms with Crippen LogP contribution in [-0.4, -0.2) is 21.8 Å². The van der Waals surface area contributed by atoms with E-state index in [1.165, 1.54) is 4.68 Å². The van der Waals surface area contributed by atoms with Crippen LogP contribution in [0.5, 0.6) is 0 Å². The van der Waals surface area contributed by atoms with Crippen molar-refractivity contribution in [2.45, 2.75) is 6.92 Å². The van der Waals surface area contributed by atoms with Gasteiger partial charge in [0.05, 0.1) is 5.69 Å². The summed E-state index contributed by atoms with van der Waals surface area (Å²) < 4.78 is 1.54. The second kappa shape index (κ2) is 4.02. The zero-order valence-electron chi connectivity index (χ0n) is 9.03. The molecule has 1 aromatic carbocycles. The Kier molecular flexibility index (Phi) is 2.70. The lowest BCUT2D eigenvalue weighted by Gasteiger charge is -2.04. The highest BCUT2D eigenvalue weighted by molar-refractivity contribution is 6.31. The summed E-state index contributed by atoms with van der Waals surface area (Å²) in [4.78, 5) is 4.03. The fraction of sp³-hybridized carbons (Fsp3) is 0.200. The SMILES string of the molecule is CNc1nc(N)n(-c2ccc(C)c(Cl)c2)n1. The highest BCUT2D eigenvalue weighted by atomic mass is 35.5.